The monoisotopic (exact) mass is 250 g/mol. The zero-order chi connectivity index (χ0) is 13.1. The van der Waals surface area contributed by atoms with E-state index in [4.69, 9.17) is 9.84 Å². The van der Waals surface area contributed by atoms with E-state index >= 15 is 0 Å². The van der Waals surface area contributed by atoms with E-state index in [0.29, 0.717) is 11.4 Å². The Morgan fingerprint density at radius 1 is 1.44 bits per heavy atom. The summed E-state index contributed by atoms with van der Waals surface area (Å²) in [5.74, 6) is -0.884. The van der Waals surface area contributed by atoms with Crippen LogP contribution in [0.2, 0.25) is 0 Å². The number of ether oxygens (including phenoxy) is 1. The van der Waals surface area contributed by atoms with Gasteiger partial charge in [0.15, 0.2) is 0 Å². The van der Waals surface area contributed by atoms with E-state index < -0.39 is 5.97 Å². The molecule has 0 amide bonds. The highest BCUT2D eigenvalue weighted by atomic mass is 19.1. The first kappa shape index (κ1) is 12.1. The maximum atomic E-state index is 12.7. The van der Waals surface area contributed by atoms with Gasteiger partial charge in [-0.2, -0.15) is 5.10 Å². The molecule has 0 bridgehead atoms. The van der Waals surface area contributed by atoms with Crippen LogP contribution in [-0.2, 0) is 13.7 Å². The summed E-state index contributed by atoms with van der Waals surface area (Å²) in [6, 6.07) is 7.01. The summed E-state index contributed by atoms with van der Waals surface area (Å²) in [7, 11) is 1.55. The van der Waals surface area contributed by atoms with Gasteiger partial charge in [0.2, 0.25) is 0 Å². The molecule has 94 valence electrons. The van der Waals surface area contributed by atoms with E-state index in [2.05, 4.69) is 5.10 Å². The summed E-state index contributed by atoms with van der Waals surface area (Å²) in [4.78, 5) is 10.8. The van der Waals surface area contributed by atoms with E-state index in [1.165, 1.54) is 35.0 Å². The highest BCUT2D eigenvalue weighted by Crippen LogP contribution is 2.13. The summed E-state index contributed by atoms with van der Waals surface area (Å²) in [5, 5.41) is 12.9. The fourth-order valence-electron chi connectivity index (χ4n) is 1.49. The molecule has 0 aliphatic rings. The topological polar surface area (TPSA) is 64.4 Å². The Kier molecular flexibility index (Phi) is 3.27. The molecule has 0 aliphatic heterocycles. The van der Waals surface area contributed by atoms with Crippen molar-refractivity contribution in [2.24, 2.45) is 7.05 Å². The summed E-state index contributed by atoms with van der Waals surface area (Å²) >= 11 is 0. The minimum Gasteiger partial charge on any atom is -0.487 e. The number of carboxylic acids is 1. The van der Waals surface area contributed by atoms with Gasteiger partial charge in [0, 0.05) is 7.05 Å². The third-order valence-corrected chi connectivity index (χ3v) is 2.35. The lowest BCUT2D eigenvalue weighted by Crippen LogP contribution is -2.04. The predicted molar refractivity (Wildman–Crippen MR) is 60.9 cm³/mol. The van der Waals surface area contributed by atoms with Crippen molar-refractivity contribution in [3.05, 3.63) is 47.5 Å². The zero-order valence-electron chi connectivity index (χ0n) is 9.63. The highest BCUT2D eigenvalue weighted by Gasteiger charge is 2.11. The van der Waals surface area contributed by atoms with Crippen LogP contribution in [0, 0.1) is 5.82 Å². The molecule has 18 heavy (non-hydrogen) atoms. The molecule has 0 saturated carbocycles. The number of aromatic carboxylic acids is 1. The number of carboxylic acid groups (broad SMARTS) is 1. The Balaban J connectivity index is 2.04. The molecule has 0 spiro atoms. The minimum absolute atomic E-state index is 0.0905. The van der Waals surface area contributed by atoms with Gasteiger partial charge in [-0.1, -0.05) is 0 Å². The van der Waals surface area contributed by atoms with Crippen LogP contribution < -0.4 is 4.74 Å². The van der Waals surface area contributed by atoms with Crippen molar-refractivity contribution < 1.29 is 19.0 Å². The molecular weight excluding hydrogens is 239 g/mol. The first-order chi connectivity index (χ1) is 8.56. The molecule has 0 radical (unpaired) electrons. The first-order valence-corrected chi connectivity index (χ1v) is 5.21. The SMILES string of the molecule is Cn1nc(COc2ccc(F)cc2)cc1C(=O)O. The molecule has 6 heteroatoms. The Morgan fingerprint density at radius 2 is 2.11 bits per heavy atom. The van der Waals surface area contributed by atoms with Crippen LogP contribution >= 0.6 is 0 Å². The largest absolute Gasteiger partial charge is 0.487 e. The van der Waals surface area contributed by atoms with Crippen LogP contribution in [0.3, 0.4) is 0 Å². The lowest BCUT2D eigenvalue weighted by molar-refractivity contribution is 0.0685. The Bertz CT molecular complexity index is 563. The Hall–Kier alpha value is -2.37. The quantitative estimate of drug-likeness (QED) is 0.899. The van der Waals surface area contributed by atoms with Gasteiger partial charge in [0.1, 0.15) is 29.6 Å². The normalized spacial score (nSPS) is 10.3. The number of aromatic nitrogens is 2. The number of hydrogen-bond acceptors (Lipinski definition) is 3. The van der Waals surface area contributed by atoms with E-state index in [1.807, 2.05) is 0 Å². The molecule has 0 atom stereocenters. The van der Waals surface area contributed by atoms with E-state index in [1.54, 1.807) is 7.05 Å². The fraction of sp³-hybridized carbons (Fsp3) is 0.167. The van der Waals surface area contributed by atoms with Crippen LogP contribution in [0.1, 0.15) is 16.2 Å². The van der Waals surface area contributed by atoms with Crippen molar-refractivity contribution in [3.8, 4) is 5.75 Å². The third kappa shape index (κ3) is 2.65. The summed E-state index contributed by atoms with van der Waals surface area (Å²) in [6.07, 6.45) is 0. The summed E-state index contributed by atoms with van der Waals surface area (Å²) in [5.41, 5.74) is 0.590. The molecule has 5 nitrogen and oxygen atoms in total. The Morgan fingerprint density at radius 3 is 2.67 bits per heavy atom. The van der Waals surface area contributed by atoms with Gasteiger partial charge in [-0.05, 0) is 30.3 Å². The predicted octanol–water partition coefficient (Wildman–Crippen LogP) is 1.84. The van der Waals surface area contributed by atoms with Gasteiger partial charge in [-0.15, -0.1) is 0 Å². The molecule has 0 aliphatic carbocycles. The number of halogens is 1. The van der Waals surface area contributed by atoms with E-state index in [0.717, 1.165) is 0 Å². The number of benzene rings is 1. The second kappa shape index (κ2) is 4.87. The maximum Gasteiger partial charge on any atom is 0.354 e. The second-order valence-corrected chi connectivity index (χ2v) is 3.69. The van der Waals surface area contributed by atoms with Crippen LogP contribution in [0.5, 0.6) is 5.75 Å². The number of aryl methyl sites for hydroxylation is 1. The maximum absolute atomic E-state index is 12.7. The van der Waals surface area contributed by atoms with Crippen LogP contribution in [0.25, 0.3) is 0 Å². The minimum atomic E-state index is -1.04. The molecule has 1 heterocycles. The first-order valence-electron chi connectivity index (χ1n) is 5.21. The van der Waals surface area contributed by atoms with Crippen LogP contribution in [0.4, 0.5) is 4.39 Å². The number of carbonyl (C=O) groups is 1. The number of nitrogens with zero attached hydrogens (tertiary/aromatic N) is 2. The average Bonchev–Trinajstić information content (AvgIpc) is 2.70. The van der Waals surface area contributed by atoms with Gasteiger partial charge in [0.05, 0.1) is 0 Å². The summed E-state index contributed by atoms with van der Waals surface area (Å²) in [6.45, 7) is 0.132. The zero-order valence-corrected chi connectivity index (χ0v) is 9.63. The lowest BCUT2D eigenvalue weighted by Gasteiger charge is -2.03. The molecule has 0 fully saturated rings. The summed E-state index contributed by atoms with van der Waals surface area (Å²) < 4.78 is 19.3. The van der Waals surface area contributed by atoms with Crippen LogP contribution in [-0.4, -0.2) is 20.9 Å². The second-order valence-electron chi connectivity index (χ2n) is 3.69. The molecular formula is C12H11FN2O3. The van der Waals surface area contributed by atoms with Gasteiger partial charge in [-0.25, -0.2) is 9.18 Å². The van der Waals surface area contributed by atoms with Gasteiger partial charge in [0.25, 0.3) is 0 Å². The standard InChI is InChI=1S/C12H11FN2O3/c1-15-11(12(16)17)6-9(14-15)7-18-10-4-2-8(13)3-5-10/h2-6H,7H2,1H3,(H,16,17). The molecule has 1 aromatic heterocycles. The average molecular weight is 250 g/mol. The van der Waals surface area contributed by atoms with Crippen molar-refractivity contribution in [2.75, 3.05) is 0 Å². The van der Waals surface area contributed by atoms with Gasteiger partial charge < -0.3 is 9.84 Å². The molecule has 0 saturated heterocycles. The van der Waals surface area contributed by atoms with E-state index in [9.17, 15) is 9.18 Å². The highest BCUT2D eigenvalue weighted by molar-refractivity contribution is 5.85. The van der Waals surface area contributed by atoms with Gasteiger partial charge in [-0.3, -0.25) is 4.68 Å². The van der Waals surface area contributed by atoms with Crippen molar-refractivity contribution in [3.63, 3.8) is 0 Å². The molecule has 0 unspecified atom stereocenters. The van der Waals surface area contributed by atoms with Crippen molar-refractivity contribution in [2.45, 2.75) is 6.61 Å². The molecule has 2 aromatic rings. The van der Waals surface area contributed by atoms with Crippen molar-refractivity contribution in [1.82, 2.24) is 9.78 Å². The van der Waals surface area contributed by atoms with E-state index in [-0.39, 0.29) is 18.1 Å². The van der Waals surface area contributed by atoms with Crippen molar-refractivity contribution >= 4 is 5.97 Å². The van der Waals surface area contributed by atoms with Crippen LogP contribution in [0.15, 0.2) is 30.3 Å². The number of hydrogen-bond donors (Lipinski definition) is 1. The lowest BCUT2D eigenvalue weighted by atomic mass is 10.3. The molecule has 1 aromatic carbocycles. The van der Waals surface area contributed by atoms with Gasteiger partial charge >= 0.3 is 5.97 Å². The smallest absolute Gasteiger partial charge is 0.354 e. The molecule has 1 N–H and O–H groups in total. The third-order valence-electron chi connectivity index (χ3n) is 2.35. The molecule has 2 rings (SSSR count). The fourth-order valence-corrected chi connectivity index (χ4v) is 1.49. The van der Waals surface area contributed by atoms with Crippen molar-refractivity contribution in [1.29, 1.82) is 0 Å². The Labute approximate surface area is 102 Å². The number of rotatable bonds is 4.